The Morgan fingerprint density at radius 3 is 2.24 bits per heavy atom. The molecule has 4 rings (SSSR count). The average molecular weight is 536 g/mol. The molecule has 198 valence electrons. The first kappa shape index (κ1) is 27.1. The van der Waals surface area contributed by atoms with Crippen LogP contribution in [-0.2, 0) is 16.0 Å². The van der Waals surface area contributed by atoms with Crippen molar-refractivity contribution in [2.75, 3.05) is 23.9 Å². The molecule has 2 amide bonds. The highest BCUT2D eigenvalue weighted by atomic mass is 32.1. The maximum atomic E-state index is 13.5. The smallest absolute Gasteiger partial charge is 0.256 e. The van der Waals surface area contributed by atoms with E-state index in [0.717, 1.165) is 11.3 Å². The fourth-order valence-corrected chi connectivity index (χ4v) is 4.65. The second kappa shape index (κ2) is 12.0. The fourth-order valence-electron chi connectivity index (χ4n) is 4.23. The van der Waals surface area contributed by atoms with Gasteiger partial charge in [0.2, 0.25) is 5.91 Å². The van der Waals surface area contributed by atoms with Crippen LogP contribution in [0.2, 0.25) is 0 Å². The quantitative estimate of drug-likeness (QED) is 0.360. The van der Waals surface area contributed by atoms with E-state index >= 15 is 0 Å². The SMILES string of the molecule is COc1ccc(CCN2C(=S)N(c3ccc(F)cc3)C(=O)C2CC(=O)Nc2ccc(OC(C)C)cc2)cc1. The topological polar surface area (TPSA) is 71.1 Å². The first-order valence-corrected chi connectivity index (χ1v) is 12.8. The van der Waals surface area contributed by atoms with E-state index in [4.69, 9.17) is 21.7 Å². The van der Waals surface area contributed by atoms with Crippen LogP contribution in [0.25, 0.3) is 0 Å². The van der Waals surface area contributed by atoms with Crippen LogP contribution < -0.4 is 19.7 Å². The summed E-state index contributed by atoms with van der Waals surface area (Å²) < 4.78 is 24.4. The van der Waals surface area contributed by atoms with Gasteiger partial charge in [0.25, 0.3) is 5.91 Å². The predicted molar refractivity (Wildman–Crippen MR) is 149 cm³/mol. The Labute approximate surface area is 227 Å². The fraction of sp³-hybridized carbons (Fsp3) is 0.276. The molecule has 1 aliphatic rings. The molecular formula is C29H30FN3O4S. The third-order valence-electron chi connectivity index (χ3n) is 6.09. The molecule has 3 aromatic rings. The molecule has 0 saturated carbocycles. The molecule has 3 aromatic carbocycles. The minimum Gasteiger partial charge on any atom is -0.497 e. The molecule has 1 unspecified atom stereocenters. The van der Waals surface area contributed by atoms with Crippen LogP contribution in [0.5, 0.6) is 11.5 Å². The number of amides is 2. The van der Waals surface area contributed by atoms with E-state index in [1.54, 1.807) is 36.3 Å². The molecule has 0 aromatic heterocycles. The Bertz CT molecular complexity index is 1280. The molecule has 0 aliphatic carbocycles. The first-order valence-electron chi connectivity index (χ1n) is 12.3. The summed E-state index contributed by atoms with van der Waals surface area (Å²) in [5.41, 5.74) is 2.09. The van der Waals surface area contributed by atoms with Gasteiger partial charge in [0.05, 0.1) is 25.3 Å². The predicted octanol–water partition coefficient (Wildman–Crippen LogP) is 5.20. The molecular weight excluding hydrogens is 505 g/mol. The summed E-state index contributed by atoms with van der Waals surface area (Å²) >= 11 is 5.69. The standard InChI is InChI=1S/C29H30FN3O4S/c1-19(2)37-25-14-8-22(9-15-25)31-27(34)18-26-28(35)33(23-10-6-21(30)7-11-23)29(38)32(26)17-16-20-4-12-24(36-3)13-5-20/h4-15,19,26H,16-18H2,1-3H3,(H,31,34). The van der Waals surface area contributed by atoms with Crippen molar-refractivity contribution in [1.82, 2.24) is 4.90 Å². The minimum atomic E-state index is -0.797. The number of rotatable bonds is 10. The number of hydrogen-bond acceptors (Lipinski definition) is 5. The van der Waals surface area contributed by atoms with Gasteiger partial charge in [-0.1, -0.05) is 12.1 Å². The number of anilines is 2. The molecule has 1 heterocycles. The van der Waals surface area contributed by atoms with Crippen molar-refractivity contribution in [2.24, 2.45) is 0 Å². The van der Waals surface area contributed by atoms with Gasteiger partial charge in [-0.25, -0.2) is 4.39 Å². The van der Waals surface area contributed by atoms with Gasteiger partial charge in [-0.05, 0) is 98.7 Å². The Morgan fingerprint density at radius 1 is 1.00 bits per heavy atom. The lowest BCUT2D eigenvalue weighted by Gasteiger charge is -2.24. The van der Waals surface area contributed by atoms with Crippen molar-refractivity contribution in [3.8, 4) is 11.5 Å². The molecule has 1 atom stereocenters. The van der Waals surface area contributed by atoms with E-state index in [-0.39, 0.29) is 29.5 Å². The number of hydrogen-bond donors (Lipinski definition) is 1. The number of methoxy groups -OCH3 is 1. The van der Waals surface area contributed by atoms with E-state index in [1.807, 2.05) is 38.1 Å². The highest BCUT2D eigenvalue weighted by Gasteiger charge is 2.43. The van der Waals surface area contributed by atoms with Crippen LogP contribution in [0.3, 0.4) is 0 Å². The number of nitrogens with zero attached hydrogens (tertiary/aromatic N) is 2. The van der Waals surface area contributed by atoms with Crippen LogP contribution >= 0.6 is 12.2 Å². The molecule has 0 radical (unpaired) electrons. The van der Waals surface area contributed by atoms with Gasteiger partial charge < -0.3 is 19.7 Å². The highest BCUT2D eigenvalue weighted by molar-refractivity contribution is 7.80. The molecule has 0 spiro atoms. The summed E-state index contributed by atoms with van der Waals surface area (Å²) in [6, 6.07) is 19.5. The lowest BCUT2D eigenvalue weighted by molar-refractivity contribution is -0.124. The van der Waals surface area contributed by atoms with Crippen molar-refractivity contribution in [3.63, 3.8) is 0 Å². The monoisotopic (exact) mass is 535 g/mol. The third kappa shape index (κ3) is 6.47. The normalized spacial score (nSPS) is 15.2. The van der Waals surface area contributed by atoms with E-state index in [9.17, 15) is 14.0 Å². The summed E-state index contributed by atoms with van der Waals surface area (Å²) in [7, 11) is 1.61. The number of nitrogens with one attached hydrogen (secondary N) is 1. The van der Waals surface area contributed by atoms with Gasteiger partial charge in [-0.15, -0.1) is 0 Å². The highest BCUT2D eigenvalue weighted by Crippen LogP contribution is 2.28. The average Bonchev–Trinajstić information content (AvgIpc) is 3.12. The third-order valence-corrected chi connectivity index (χ3v) is 6.51. The van der Waals surface area contributed by atoms with E-state index < -0.39 is 11.9 Å². The van der Waals surface area contributed by atoms with Crippen molar-refractivity contribution >= 4 is 40.5 Å². The molecule has 1 aliphatic heterocycles. The van der Waals surface area contributed by atoms with Crippen molar-refractivity contribution in [3.05, 3.63) is 84.2 Å². The number of ether oxygens (including phenoxy) is 2. The van der Waals surface area contributed by atoms with E-state index in [1.165, 1.54) is 29.2 Å². The van der Waals surface area contributed by atoms with Gasteiger partial charge in [0, 0.05) is 12.2 Å². The minimum absolute atomic E-state index is 0.0422. The van der Waals surface area contributed by atoms with Gasteiger partial charge in [0.15, 0.2) is 5.11 Å². The number of benzene rings is 3. The van der Waals surface area contributed by atoms with Crippen LogP contribution in [0.15, 0.2) is 72.8 Å². The molecule has 1 fully saturated rings. The largest absolute Gasteiger partial charge is 0.497 e. The molecule has 38 heavy (non-hydrogen) atoms. The van der Waals surface area contributed by atoms with E-state index in [0.29, 0.717) is 30.1 Å². The summed E-state index contributed by atoms with van der Waals surface area (Å²) in [4.78, 5) is 29.7. The lowest BCUT2D eigenvalue weighted by atomic mass is 10.1. The second-order valence-electron chi connectivity index (χ2n) is 9.18. The van der Waals surface area contributed by atoms with Crippen LogP contribution in [0.1, 0.15) is 25.8 Å². The molecule has 1 saturated heterocycles. The van der Waals surface area contributed by atoms with Crippen LogP contribution in [0.4, 0.5) is 15.8 Å². The molecule has 0 bridgehead atoms. The van der Waals surface area contributed by atoms with Gasteiger partial charge in [-0.3, -0.25) is 14.5 Å². The number of thiocarbonyl (C=S) groups is 1. The summed E-state index contributed by atoms with van der Waals surface area (Å²) in [6.45, 7) is 4.30. The Hall–Kier alpha value is -3.98. The summed E-state index contributed by atoms with van der Waals surface area (Å²) in [5.74, 6) is 0.394. The van der Waals surface area contributed by atoms with Crippen molar-refractivity contribution in [2.45, 2.75) is 38.8 Å². The Morgan fingerprint density at radius 2 is 1.63 bits per heavy atom. The summed E-state index contributed by atoms with van der Waals surface area (Å²) in [6.07, 6.45) is 0.550. The molecule has 1 N–H and O–H groups in total. The van der Waals surface area contributed by atoms with Gasteiger partial charge >= 0.3 is 0 Å². The van der Waals surface area contributed by atoms with Crippen molar-refractivity contribution < 1.29 is 23.5 Å². The molecule has 7 nitrogen and oxygen atoms in total. The van der Waals surface area contributed by atoms with Crippen LogP contribution in [0, 0.1) is 5.82 Å². The Balaban J connectivity index is 1.50. The van der Waals surface area contributed by atoms with Gasteiger partial charge in [0.1, 0.15) is 23.4 Å². The second-order valence-corrected chi connectivity index (χ2v) is 9.55. The number of halogens is 1. The maximum absolute atomic E-state index is 13.5. The first-order chi connectivity index (χ1) is 18.2. The molecule has 9 heteroatoms. The van der Waals surface area contributed by atoms with Crippen LogP contribution in [-0.4, -0.2) is 47.6 Å². The maximum Gasteiger partial charge on any atom is 0.256 e. The lowest BCUT2D eigenvalue weighted by Crippen LogP contribution is -2.39. The zero-order valence-electron chi connectivity index (χ0n) is 21.5. The number of carbonyl (C=O) groups is 2. The Kier molecular flexibility index (Phi) is 8.58. The number of carbonyl (C=O) groups excluding carboxylic acids is 2. The van der Waals surface area contributed by atoms with Gasteiger partial charge in [-0.2, -0.15) is 0 Å². The van der Waals surface area contributed by atoms with Crippen molar-refractivity contribution in [1.29, 1.82) is 0 Å². The summed E-state index contributed by atoms with van der Waals surface area (Å²) in [5, 5.41) is 3.14. The zero-order chi connectivity index (χ0) is 27.2. The van der Waals surface area contributed by atoms with E-state index in [2.05, 4.69) is 5.32 Å². The zero-order valence-corrected chi connectivity index (χ0v) is 22.3.